The lowest BCUT2D eigenvalue weighted by atomic mass is 10.1. The molecule has 4 nitrogen and oxygen atoms in total. The predicted octanol–water partition coefficient (Wildman–Crippen LogP) is 2.60. The minimum atomic E-state index is -0.491. The molecule has 98 valence electrons. The first-order valence-corrected chi connectivity index (χ1v) is 6.88. The van der Waals surface area contributed by atoms with Crippen molar-refractivity contribution in [3.8, 4) is 0 Å². The Balaban J connectivity index is 4.47. The first-order valence-electron chi connectivity index (χ1n) is 5.76. The Morgan fingerprint density at radius 2 is 1.76 bits per heavy atom. The Bertz CT molecular complexity index is 274. The molecule has 0 radical (unpaired) electrons. The zero-order valence-electron chi connectivity index (χ0n) is 10.3. The minimum Gasteiger partial charge on any atom is -0.463 e. The molecule has 0 fully saturated rings. The summed E-state index contributed by atoms with van der Waals surface area (Å²) < 4.78 is 9.66. The second-order valence-electron chi connectivity index (χ2n) is 3.29. The Kier molecular flexibility index (Phi) is 9.81. The number of halogens is 1. The van der Waals surface area contributed by atoms with E-state index >= 15 is 0 Å². The van der Waals surface area contributed by atoms with E-state index in [0.717, 1.165) is 18.2 Å². The van der Waals surface area contributed by atoms with E-state index in [0.29, 0.717) is 25.2 Å². The van der Waals surface area contributed by atoms with Gasteiger partial charge in [0.15, 0.2) is 0 Å². The van der Waals surface area contributed by atoms with Crippen molar-refractivity contribution in [2.24, 2.45) is 0 Å². The highest BCUT2D eigenvalue weighted by Crippen LogP contribution is 2.11. The number of hydrogen-bond donors (Lipinski definition) is 0. The van der Waals surface area contributed by atoms with Crippen LogP contribution < -0.4 is 0 Å². The molecule has 0 heterocycles. The molecule has 0 aromatic carbocycles. The molecule has 0 aliphatic heterocycles. The summed E-state index contributed by atoms with van der Waals surface area (Å²) in [6.07, 6.45) is 3.54. The normalized spacial score (nSPS) is 11.1. The Labute approximate surface area is 110 Å². The molecule has 5 heteroatoms. The fraction of sp³-hybridized carbons (Fsp3) is 0.667. The van der Waals surface area contributed by atoms with Crippen LogP contribution in [0.2, 0.25) is 0 Å². The number of rotatable bonds is 8. The van der Waals surface area contributed by atoms with Gasteiger partial charge < -0.3 is 9.47 Å². The summed E-state index contributed by atoms with van der Waals surface area (Å²) in [7, 11) is 0. The molecule has 0 amide bonds. The molecule has 0 spiro atoms. The minimum absolute atomic E-state index is 0.298. The number of carbonyl (C=O) groups excluding carboxylic acids is 2. The van der Waals surface area contributed by atoms with Gasteiger partial charge in [0.1, 0.15) is 0 Å². The molecule has 0 aromatic heterocycles. The maximum atomic E-state index is 11.6. The van der Waals surface area contributed by atoms with E-state index in [1.807, 2.05) is 0 Å². The molecule has 17 heavy (non-hydrogen) atoms. The topological polar surface area (TPSA) is 52.6 Å². The summed E-state index contributed by atoms with van der Waals surface area (Å²) in [6, 6.07) is 0. The van der Waals surface area contributed by atoms with Gasteiger partial charge in [-0.25, -0.2) is 9.59 Å². The van der Waals surface area contributed by atoms with E-state index in [1.165, 1.54) is 6.08 Å². The molecular formula is C12H19BrO4. The third-order valence-electron chi connectivity index (χ3n) is 1.95. The number of alkyl halides is 1. The molecule has 0 saturated heterocycles. The smallest absolute Gasteiger partial charge is 0.334 e. The van der Waals surface area contributed by atoms with E-state index in [2.05, 4.69) is 15.9 Å². The number of carbonyl (C=O) groups is 2. The highest BCUT2D eigenvalue weighted by atomic mass is 79.9. The fourth-order valence-corrected chi connectivity index (χ4v) is 1.59. The maximum Gasteiger partial charge on any atom is 0.334 e. The Morgan fingerprint density at radius 3 is 2.29 bits per heavy atom. The van der Waals surface area contributed by atoms with Gasteiger partial charge in [-0.1, -0.05) is 15.9 Å². The van der Waals surface area contributed by atoms with Crippen LogP contribution in [0.5, 0.6) is 0 Å². The van der Waals surface area contributed by atoms with Crippen molar-refractivity contribution in [2.45, 2.75) is 33.1 Å². The zero-order valence-corrected chi connectivity index (χ0v) is 11.9. The SMILES string of the molecule is CCOC(=O)C=C(CCCCBr)C(=O)OCC. The number of esters is 2. The van der Waals surface area contributed by atoms with Crippen molar-refractivity contribution in [3.05, 3.63) is 11.6 Å². The van der Waals surface area contributed by atoms with Crippen LogP contribution in [0, 0.1) is 0 Å². The van der Waals surface area contributed by atoms with Crippen molar-refractivity contribution in [1.82, 2.24) is 0 Å². The average molecular weight is 307 g/mol. The molecule has 0 saturated carbocycles. The zero-order chi connectivity index (χ0) is 13.1. The van der Waals surface area contributed by atoms with Gasteiger partial charge >= 0.3 is 11.9 Å². The van der Waals surface area contributed by atoms with E-state index in [9.17, 15) is 9.59 Å². The van der Waals surface area contributed by atoms with Gasteiger partial charge in [0, 0.05) is 17.0 Å². The first kappa shape index (κ1) is 16.2. The Hall–Kier alpha value is -0.840. The summed E-state index contributed by atoms with van der Waals surface area (Å²) in [6.45, 7) is 4.06. The number of hydrogen-bond acceptors (Lipinski definition) is 4. The van der Waals surface area contributed by atoms with Crippen LogP contribution in [-0.2, 0) is 19.1 Å². The van der Waals surface area contributed by atoms with Gasteiger partial charge in [0.05, 0.1) is 13.2 Å². The van der Waals surface area contributed by atoms with E-state index < -0.39 is 11.9 Å². The molecule has 0 aliphatic carbocycles. The van der Waals surface area contributed by atoms with Gasteiger partial charge in [-0.3, -0.25) is 0 Å². The molecule has 0 N–H and O–H groups in total. The van der Waals surface area contributed by atoms with E-state index in [-0.39, 0.29) is 0 Å². The van der Waals surface area contributed by atoms with Crippen LogP contribution in [0.1, 0.15) is 33.1 Å². The second-order valence-corrected chi connectivity index (χ2v) is 4.08. The molecule has 0 aliphatic rings. The highest BCUT2D eigenvalue weighted by Gasteiger charge is 2.12. The van der Waals surface area contributed by atoms with Crippen LogP contribution in [0.3, 0.4) is 0 Å². The largest absolute Gasteiger partial charge is 0.463 e. The van der Waals surface area contributed by atoms with Crippen LogP contribution in [-0.4, -0.2) is 30.5 Å². The molecule has 0 atom stereocenters. The van der Waals surface area contributed by atoms with Gasteiger partial charge in [0.25, 0.3) is 0 Å². The average Bonchev–Trinajstić information content (AvgIpc) is 2.28. The van der Waals surface area contributed by atoms with E-state index in [4.69, 9.17) is 9.47 Å². The van der Waals surface area contributed by atoms with Crippen molar-refractivity contribution in [2.75, 3.05) is 18.5 Å². The summed E-state index contributed by atoms with van der Waals surface area (Å²) in [5.41, 5.74) is 0.381. The van der Waals surface area contributed by atoms with Gasteiger partial charge in [-0.2, -0.15) is 0 Å². The van der Waals surface area contributed by atoms with E-state index in [1.54, 1.807) is 13.8 Å². The third-order valence-corrected chi connectivity index (χ3v) is 2.51. The Morgan fingerprint density at radius 1 is 1.12 bits per heavy atom. The second kappa shape index (κ2) is 10.3. The summed E-state index contributed by atoms with van der Waals surface area (Å²) in [4.78, 5) is 22.8. The quantitative estimate of drug-likeness (QED) is 0.299. The molecular weight excluding hydrogens is 288 g/mol. The lowest BCUT2D eigenvalue weighted by molar-refractivity contribution is -0.141. The van der Waals surface area contributed by atoms with Crippen LogP contribution >= 0.6 is 15.9 Å². The summed E-state index contributed by atoms with van der Waals surface area (Å²) in [5.74, 6) is -0.926. The molecule has 0 bridgehead atoms. The fourth-order valence-electron chi connectivity index (χ4n) is 1.19. The van der Waals surface area contributed by atoms with Crippen molar-refractivity contribution in [3.63, 3.8) is 0 Å². The molecule has 0 rings (SSSR count). The van der Waals surface area contributed by atoms with Gasteiger partial charge in [-0.15, -0.1) is 0 Å². The van der Waals surface area contributed by atoms with Crippen LogP contribution in [0.15, 0.2) is 11.6 Å². The van der Waals surface area contributed by atoms with Gasteiger partial charge in [-0.05, 0) is 33.1 Å². The van der Waals surface area contributed by atoms with Gasteiger partial charge in [0.2, 0.25) is 0 Å². The maximum absolute atomic E-state index is 11.6. The van der Waals surface area contributed by atoms with Crippen LogP contribution in [0.4, 0.5) is 0 Å². The van der Waals surface area contributed by atoms with Crippen molar-refractivity contribution in [1.29, 1.82) is 0 Å². The van der Waals surface area contributed by atoms with Crippen LogP contribution in [0.25, 0.3) is 0 Å². The predicted molar refractivity (Wildman–Crippen MR) is 69.0 cm³/mol. The number of unbranched alkanes of at least 4 members (excludes halogenated alkanes) is 1. The summed E-state index contributed by atoms with van der Waals surface area (Å²) >= 11 is 3.32. The standard InChI is InChI=1S/C12H19BrO4/c1-3-16-11(14)9-10(7-5-6-8-13)12(15)17-4-2/h9H,3-8H2,1-2H3. The molecule has 0 aromatic rings. The number of ether oxygens (including phenoxy) is 2. The molecule has 0 unspecified atom stereocenters. The third kappa shape index (κ3) is 7.96. The van der Waals surface area contributed by atoms with Crippen molar-refractivity contribution < 1.29 is 19.1 Å². The first-order chi connectivity index (χ1) is 8.15. The summed E-state index contributed by atoms with van der Waals surface area (Å²) in [5, 5.41) is 0.877. The lowest BCUT2D eigenvalue weighted by Gasteiger charge is -2.06. The highest BCUT2D eigenvalue weighted by molar-refractivity contribution is 9.09. The monoisotopic (exact) mass is 306 g/mol. The lowest BCUT2D eigenvalue weighted by Crippen LogP contribution is -2.11. The van der Waals surface area contributed by atoms with Crippen molar-refractivity contribution >= 4 is 27.9 Å².